The normalized spacial score (nSPS) is 9.70. The van der Waals surface area contributed by atoms with Crippen LogP contribution in [-0.2, 0) is 6.42 Å². The fourth-order valence-corrected chi connectivity index (χ4v) is 2.68. The molecule has 0 saturated carbocycles. The first-order valence-corrected chi connectivity index (χ1v) is 7.29. The average Bonchev–Trinajstić information content (AvgIpc) is 2.95. The number of anilines is 1. The Labute approximate surface area is 122 Å². The molecular formula is C16H16N2OS. The Morgan fingerprint density at radius 2 is 2.05 bits per heavy atom. The van der Waals surface area contributed by atoms with Crippen molar-refractivity contribution in [2.75, 3.05) is 11.9 Å². The summed E-state index contributed by atoms with van der Waals surface area (Å²) >= 11 is 1.47. The molecule has 20 heavy (non-hydrogen) atoms. The van der Waals surface area contributed by atoms with Gasteiger partial charge in [-0.2, -0.15) is 0 Å². The van der Waals surface area contributed by atoms with Crippen LogP contribution in [0.15, 0.2) is 35.7 Å². The highest BCUT2D eigenvalue weighted by Gasteiger charge is 2.11. The number of carbonyl (C=O) groups excluding carboxylic acids is 1. The van der Waals surface area contributed by atoms with Crippen LogP contribution in [-0.4, -0.2) is 12.5 Å². The van der Waals surface area contributed by atoms with Crippen LogP contribution in [0.4, 0.5) is 5.69 Å². The highest BCUT2D eigenvalue weighted by molar-refractivity contribution is 7.12. The van der Waals surface area contributed by atoms with Crippen LogP contribution in [0.2, 0.25) is 0 Å². The van der Waals surface area contributed by atoms with Crippen molar-refractivity contribution in [1.82, 2.24) is 0 Å². The fraction of sp³-hybridized carbons (Fsp3) is 0.188. The molecular weight excluding hydrogens is 268 g/mol. The molecule has 1 heterocycles. The Morgan fingerprint density at radius 1 is 1.30 bits per heavy atom. The van der Waals surface area contributed by atoms with Gasteiger partial charge in [-0.15, -0.1) is 11.3 Å². The van der Waals surface area contributed by atoms with Gasteiger partial charge in [-0.25, -0.2) is 0 Å². The summed E-state index contributed by atoms with van der Waals surface area (Å²) in [6.07, 6.45) is 0.861. The maximum atomic E-state index is 12.2. The average molecular weight is 284 g/mol. The highest BCUT2D eigenvalue weighted by atomic mass is 32.1. The van der Waals surface area contributed by atoms with E-state index in [-0.39, 0.29) is 5.91 Å². The zero-order chi connectivity index (χ0) is 14.4. The lowest BCUT2D eigenvalue weighted by atomic mass is 10.2. The van der Waals surface area contributed by atoms with Gasteiger partial charge in [0.1, 0.15) is 0 Å². The summed E-state index contributed by atoms with van der Waals surface area (Å²) in [6.45, 7) is 2.39. The smallest absolute Gasteiger partial charge is 0.266 e. The van der Waals surface area contributed by atoms with Crippen LogP contribution in [0.1, 0.15) is 27.7 Å². The second kappa shape index (κ2) is 6.90. The van der Waals surface area contributed by atoms with Crippen LogP contribution in [0.3, 0.4) is 0 Å². The van der Waals surface area contributed by atoms with Gasteiger partial charge in [0, 0.05) is 11.3 Å². The quantitative estimate of drug-likeness (QED) is 0.852. The molecule has 0 atom stereocenters. The Hall–Kier alpha value is -2.09. The molecule has 102 valence electrons. The molecule has 1 aromatic carbocycles. The van der Waals surface area contributed by atoms with E-state index in [1.54, 1.807) is 0 Å². The van der Waals surface area contributed by atoms with Gasteiger partial charge >= 0.3 is 0 Å². The molecule has 0 radical (unpaired) electrons. The van der Waals surface area contributed by atoms with Crippen molar-refractivity contribution in [2.24, 2.45) is 5.73 Å². The first-order chi connectivity index (χ1) is 9.74. The molecule has 1 aromatic heterocycles. The van der Waals surface area contributed by atoms with Crippen molar-refractivity contribution in [3.8, 4) is 11.8 Å². The Morgan fingerprint density at radius 3 is 2.70 bits per heavy atom. The van der Waals surface area contributed by atoms with Gasteiger partial charge in [0.2, 0.25) is 0 Å². The number of aryl methyl sites for hydroxylation is 1. The SMILES string of the molecule is CCc1ccsc1C(=O)Nc1ccc(C#CCN)cc1. The number of nitrogens with two attached hydrogens (primary N) is 1. The molecule has 4 heteroatoms. The second-order valence-electron chi connectivity index (χ2n) is 4.17. The minimum Gasteiger partial charge on any atom is -0.321 e. The lowest BCUT2D eigenvalue weighted by molar-refractivity contribution is 0.103. The molecule has 2 rings (SSSR count). The van der Waals surface area contributed by atoms with E-state index in [1.807, 2.05) is 42.6 Å². The maximum Gasteiger partial charge on any atom is 0.266 e. The van der Waals surface area contributed by atoms with Gasteiger partial charge in [-0.05, 0) is 47.7 Å². The summed E-state index contributed by atoms with van der Waals surface area (Å²) in [6, 6.07) is 9.42. The van der Waals surface area contributed by atoms with E-state index in [2.05, 4.69) is 17.2 Å². The first-order valence-electron chi connectivity index (χ1n) is 6.41. The van der Waals surface area contributed by atoms with Crippen LogP contribution in [0.25, 0.3) is 0 Å². The number of hydrogen-bond donors (Lipinski definition) is 2. The predicted octanol–water partition coefficient (Wildman–Crippen LogP) is 2.87. The molecule has 0 fully saturated rings. The summed E-state index contributed by atoms with van der Waals surface area (Å²) in [4.78, 5) is 12.9. The molecule has 1 amide bonds. The van der Waals surface area contributed by atoms with Crippen LogP contribution >= 0.6 is 11.3 Å². The molecule has 0 aliphatic carbocycles. The van der Waals surface area contributed by atoms with Gasteiger partial charge in [-0.1, -0.05) is 18.8 Å². The summed E-state index contributed by atoms with van der Waals surface area (Å²) in [5, 5.41) is 4.84. The summed E-state index contributed by atoms with van der Waals surface area (Å²) in [5.41, 5.74) is 8.06. The summed E-state index contributed by atoms with van der Waals surface area (Å²) in [7, 11) is 0. The van der Waals surface area contributed by atoms with Gasteiger partial charge in [0.25, 0.3) is 5.91 Å². The molecule has 0 unspecified atom stereocenters. The minimum absolute atomic E-state index is 0.0577. The van der Waals surface area contributed by atoms with Gasteiger partial charge in [-0.3, -0.25) is 4.79 Å². The Balaban J connectivity index is 2.08. The summed E-state index contributed by atoms with van der Waals surface area (Å²) in [5.74, 6) is 5.68. The number of amides is 1. The number of hydrogen-bond acceptors (Lipinski definition) is 3. The van der Waals surface area contributed by atoms with Crippen LogP contribution < -0.4 is 11.1 Å². The number of nitrogens with one attached hydrogen (secondary N) is 1. The van der Waals surface area contributed by atoms with Crippen molar-refractivity contribution < 1.29 is 4.79 Å². The van der Waals surface area contributed by atoms with Crippen molar-refractivity contribution in [3.63, 3.8) is 0 Å². The summed E-state index contributed by atoms with van der Waals surface area (Å²) < 4.78 is 0. The molecule has 0 aliphatic rings. The lowest BCUT2D eigenvalue weighted by Crippen LogP contribution is -2.11. The van der Waals surface area contributed by atoms with Gasteiger partial charge in [0.15, 0.2) is 0 Å². The second-order valence-corrected chi connectivity index (χ2v) is 5.08. The standard InChI is InChI=1S/C16H16N2OS/c1-2-13-9-11-20-15(13)16(19)18-14-7-5-12(6-8-14)4-3-10-17/h5-9,11H,2,10,17H2,1H3,(H,18,19). The van der Waals surface area contributed by atoms with E-state index >= 15 is 0 Å². The van der Waals surface area contributed by atoms with Gasteiger partial charge < -0.3 is 11.1 Å². The third-order valence-electron chi connectivity index (χ3n) is 2.81. The molecule has 3 nitrogen and oxygen atoms in total. The zero-order valence-corrected chi connectivity index (χ0v) is 12.1. The molecule has 0 aliphatic heterocycles. The predicted molar refractivity (Wildman–Crippen MR) is 84.0 cm³/mol. The maximum absolute atomic E-state index is 12.2. The number of thiophene rings is 1. The topological polar surface area (TPSA) is 55.1 Å². The van der Waals surface area contributed by atoms with Crippen LogP contribution in [0.5, 0.6) is 0 Å². The van der Waals surface area contributed by atoms with Gasteiger partial charge in [0.05, 0.1) is 11.4 Å². The molecule has 3 N–H and O–H groups in total. The van der Waals surface area contributed by atoms with Crippen molar-refractivity contribution >= 4 is 22.9 Å². The largest absolute Gasteiger partial charge is 0.321 e. The van der Waals surface area contributed by atoms with Crippen molar-refractivity contribution in [2.45, 2.75) is 13.3 Å². The van der Waals surface area contributed by atoms with E-state index < -0.39 is 0 Å². The zero-order valence-electron chi connectivity index (χ0n) is 11.3. The first kappa shape index (κ1) is 14.3. The van der Waals surface area contributed by atoms with E-state index in [9.17, 15) is 4.79 Å². The number of carbonyl (C=O) groups is 1. The molecule has 0 saturated heterocycles. The fourth-order valence-electron chi connectivity index (χ4n) is 1.79. The van der Waals surface area contributed by atoms with E-state index in [0.29, 0.717) is 6.54 Å². The molecule has 0 spiro atoms. The van der Waals surface area contributed by atoms with Crippen molar-refractivity contribution in [3.05, 3.63) is 51.7 Å². The lowest BCUT2D eigenvalue weighted by Gasteiger charge is -2.05. The molecule has 2 aromatic rings. The monoisotopic (exact) mass is 284 g/mol. The van der Waals surface area contributed by atoms with E-state index in [4.69, 9.17) is 5.73 Å². The van der Waals surface area contributed by atoms with E-state index in [0.717, 1.165) is 28.1 Å². The van der Waals surface area contributed by atoms with Crippen LogP contribution in [0, 0.1) is 11.8 Å². The highest BCUT2D eigenvalue weighted by Crippen LogP contribution is 2.19. The minimum atomic E-state index is -0.0577. The van der Waals surface area contributed by atoms with Crippen molar-refractivity contribution in [1.29, 1.82) is 0 Å². The number of rotatable bonds is 3. The Kier molecular flexibility index (Phi) is 4.94. The third kappa shape index (κ3) is 3.47. The Bertz CT molecular complexity index is 647. The molecule has 0 bridgehead atoms. The third-order valence-corrected chi connectivity index (χ3v) is 3.77. The number of benzene rings is 1. The van der Waals surface area contributed by atoms with E-state index in [1.165, 1.54) is 11.3 Å².